The van der Waals surface area contributed by atoms with Crippen LogP contribution in [0.4, 0.5) is 5.69 Å². The zero-order valence-corrected chi connectivity index (χ0v) is 19.8. The van der Waals surface area contributed by atoms with Gasteiger partial charge in [-0.05, 0) is 60.2 Å². The molecule has 0 unspecified atom stereocenters. The molecule has 4 aromatic rings. The maximum atomic E-state index is 12.7. The molecule has 178 valence electrons. The van der Waals surface area contributed by atoms with Crippen LogP contribution in [0.2, 0.25) is 5.02 Å². The molecule has 1 aromatic heterocycles. The van der Waals surface area contributed by atoms with E-state index in [1.807, 2.05) is 24.3 Å². The van der Waals surface area contributed by atoms with Crippen LogP contribution in [-0.2, 0) is 6.61 Å². The molecule has 8 nitrogen and oxygen atoms in total. The molecule has 4 rings (SSSR count). The number of carbonyl (C=O) groups excluding carboxylic acids is 1. The van der Waals surface area contributed by atoms with E-state index in [1.165, 1.54) is 23.9 Å². The summed E-state index contributed by atoms with van der Waals surface area (Å²) < 4.78 is 17.4. The minimum absolute atomic E-state index is 0.279. The minimum atomic E-state index is -0.353. The molecule has 0 atom stereocenters. The Balaban J connectivity index is 1.48. The Morgan fingerprint density at radius 1 is 0.943 bits per heavy atom. The lowest BCUT2D eigenvalue weighted by atomic mass is 10.2. The van der Waals surface area contributed by atoms with Gasteiger partial charge in [-0.2, -0.15) is 4.68 Å². The van der Waals surface area contributed by atoms with Crippen molar-refractivity contribution in [2.24, 2.45) is 0 Å². The summed E-state index contributed by atoms with van der Waals surface area (Å²) in [6.45, 7) is 0.279. The zero-order valence-electron chi connectivity index (χ0n) is 19.0. The van der Waals surface area contributed by atoms with Crippen LogP contribution in [0.5, 0.6) is 17.4 Å². The predicted molar refractivity (Wildman–Crippen MR) is 133 cm³/mol. The first kappa shape index (κ1) is 23.8. The summed E-state index contributed by atoms with van der Waals surface area (Å²) in [5.74, 6) is 1.18. The molecule has 0 aliphatic rings. The van der Waals surface area contributed by atoms with Gasteiger partial charge in [0, 0.05) is 22.7 Å². The summed E-state index contributed by atoms with van der Waals surface area (Å²) in [5.41, 5.74) is 1.92. The van der Waals surface area contributed by atoms with Crippen molar-refractivity contribution in [1.82, 2.24) is 9.78 Å². The number of ether oxygens (including phenoxy) is 3. The number of carbonyl (C=O) groups is 1. The average molecular weight is 492 g/mol. The first-order valence-electron chi connectivity index (χ1n) is 10.6. The van der Waals surface area contributed by atoms with Crippen molar-refractivity contribution < 1.29 is 19.0 Å². The molecule has 9 heteroatoms. The summed E-state index contributed by atoms with van der Waals surface area (Å²) in [4.78, 5) is 25.1. The predicted octanol–water partition coefficient (Wildman–Crippen LogP) is 4.73. The van der Waals surface area contributed by atoms with Crippen LogP contribution in [0.15, 0.2) is 83.7 Å². The second kappa shape index (κ2) is 10.8. The summed E-state index contributed by atoms with van der Waals surface area (Å²) in [6.07, 6.45) is 0. The van der Waals surface area contributed by atoms with E-state index in [4.69, 9.17) is 25.8 Å². The monoisotopic (exact) mass is 491 g/mol. The van der Waals surface area contributed by atoms with Gasteiger partial charge < -0.3 is 19.5 Å². The molecule has 0 spiro atoms. The van der Waals surface area contributed by atoms with Crippen molar-refractivity contribution in [2.75, 3.05) is 19.5 Å². The van der Waals surface area contributed by atoms with Gasteiger partial charge in [-0.3, -0.25) is 9.59 Å². The zero-order chi connectivity index (χ0) is 24.8. The number of nitrogens with zero attached hydrogens (tertiary/aromatic N) is 2. The molecule has 0 aliphatic heterocycles. The fourth-order valence-corrected chi connectivity index (χ4v) is 3.43. The van der Waals surface area contributed by atoms with Crippen LogP contribution in [0.3, 0.4) is 0 Å². The second-order valence-electron chi connectivity index (χ2n) is 7.40. The highest BCUT2D eigenvalue weighted by Crippen LogP contribution is 2.28. The highest BCUT2D eigenvalue weighted by molar-refractivity contribution is 6.31. The van der Waals surface area contributed by atoms with E-state index < -0.39 is 0 Å². The van der Waals surface area contributed by atoms with E-state index in [0.717, 1.165) is 11.3 Å². The molecule has 0 saturated heterocycles. The Kier molecular flexibility index (Phi) is 7.32. The number of rotatable bonds is 8. The number of methoxy groups -OCH3 is 2. The lowest BCUT2D eigenvalue weighted by Crippen LogP contribution is -2.20. The fraction of sp³-hybridized carbons (Fsp3) is 0.115. The van der Waals surface area contributed by atoms with Gasteiger partial charge >= 0.3 is 0 Å². The van der Waals surface area contributed by atoms with Gasteiger partial charge in [0.2, 0.25) is 5.88 Å². The minimum Gasteiger partial charge on any atom is -0.497 e. The van der Waals surface area contributed by atoms with E-state index in [2.05, 4.69) is 10.4 Å². The molecule has 0 aliphatic carbocycles. The fourth-order valence-electron chi connectivity index (χ4n) is 3.26. The summed E-state index contributed by atoms with van der Waals surface area (Å²) in [5, 5.41) is 7.54. The molecule has 1 heterocycles. The summed E-state index contributed by atoms with van der Waals surface area (Å²) >= 11 is 6.03. The molecule has 0 fully saturated rings. The molecule has 0 radical (unpaired) electrons. The molecule has 0 saturated carbocycles. The third-order valence-electron chi connectivity index (χ3n) is 5.11. The maximum Gasteiger partial charge on any atom is 0.271 e. The number of anilines is 1. The number of hydrogen-bond acceptors (Lipinski definition) is 6. The van der Waals surface area contributed by atoms with Gasteiger partial charge in [0.1, 0.15) is 18.1 Å². The normalized spacial score (nSPS) is 10.5. The SMILES string of the molecule is COc1ccc(COc2ccc(=O)n(-c3ccc(C(=O)Nc4cc(Cl)ccc4OC)cc3)n2)cc1. The van der Waals surface area contributed by atoms with Gasteiger partial charge in [-0.25, -0.2) is 0 Å². The number of halogens is 1. The van der Waals surface area contributed by atoms with Gasteiger partial charge in [0.05, 0.1) is 25.6 Å². The Bertz CT molecular complexity index is 1390. The molecule has 1 N–H and O–H groups in total. The third kappa shape index (κ3) is 5.80. The molecule has 3 aromatic carbocycles. The number of aromatic nitrogens is 2. The number of nitrogens with one attached hydrogen (secondary N) is 1. The standard InChI is InChI=1S/C26H22ClN3O5/c1-33-21-10-3-17(4-11-21)16-35-24-13-14-25(31)30(29-24)20-8-5-18(6-9-20)26(32)28-22-15-19(27)7-12-23(22)34-2/h3-15H,16H2,1-2H3,(H,28,32). The van der Waals surface area contributed by atoms with Crippen molar-refractivity contribution in [2.45, 2.75) is 6.61 Å². The van der Waals surface area contributed by atoms with Crippen molar-refractivity contribution in [3.05, 3.63) is 105 Å². The first-order valence-corrected chi connectivity index (χ1v) is 11.0. The highest BCUT2D eigenvalue weighted by Gasteiger charge is 2.12. The van der Waals surface area contributed by atoms with Crippen LogP contribution >= 0.6 is 11.6 Å². The summed E-state index contributed by atoms with van der Waals surface area (Å²) in [6, 6.07) is 21.8. The topological polar surface area (TPSA) is 91.7 Å². The van der Waals surface area contributed by atoms with Crippen molar-refractivity contribution in [3.8, 4) is 23.1 Å². The largest absolute Gasteiger partial charge is 0.497 e. The quantitative estimate of drug-likeness (QED) is 0.383. The van der Waals surface area contributed by atoms with E-state index in [1.54, 1.807) is 49.6 Å². The Morgan fingerprint density at radius 2 is 1.69 bits per heavy atom. The van der Waals surface area contributed by atoms with Gasteiger partial charge in [0.15, 0.2) is 0 Å². The molecular weight excluding hydrogens is 470 g/mol. The lowest BCUT2D eigenvalue weighted by Gasteiger charge is -2.11. The lowest BCUT2D eigenvalue weighted by molar-refractivity contribution is 0.102. The number of benzene rings is 3. The van der Waals surface area contributed by atoms with Crippen molar-refractivity contribution in [3.63, 3.8) is 0 Å². The van der Waals surface area contributed by atoms with Gasteiger partial charge in [-0.15, -0.1) is 5.10 Å². The Labute approximate surface area is 206 Å². The Hall–Kier alpha value is -4.30. The average Bonchev–Trinajstić information content (AvgIpc) is 2.89. The van der Waals surface area contributed by atoms with Crippen molar-refractivity contribution >= 4 is 23.2 Å². The summed E-state index contributed by atoms with van der Waals surface area (Å²) in [7, 11) is 3.11. The molecule has 35 heavy (non-hydrogen) atoms. The number of amides is 1. The van der Waals surface area contributed by atoms with E-state index in [9.17, 15) is 9.59 Å². The van der Waals surface area contributed by atoms with Crippen molar-refractivity contribution in [1.29, 1.82) is 0 Å². The van der Waals surface area contributed by atoms with Gasteiger partial charge in [0.25, 0.3) is 11.5 Å². The van der Waals surface area contributed by atoms with Crippen LogP contribution in [-0.4, -0.2) is 29.9 Å². The third-order valence-corrected chi connectivity index (χ3v) is 5.34. The molecule has 1 amide bonds. The molecule has 0 bridgehead atoms. The number of hydrogen-bond donors (Lipinski definition) is 1. The molecular formula is C26H22ClN3O5. The van der Waals surface area contributed by atoms with Crippen LogP contribution in [0.1, 0.15) is 15.9 Å². The first-order chi connectivity index (χ1) is 17.0. The van der Waals surface area contributed by atoms with E-state index in [0.29, 0.717) is 27.7 Å². The van der Waals surface area contributed by atoms with Crippen LogP contribution < -0.4 is 25.1 Å². The smallest absolute Gasteiger partial charge is 0.271 e. The maximum absolute atomic E-state index is 12.7. The van der Waals surface area contributed by atoms with Crippen LogP contribution in [0, 0.1) is 0 Å². The Morgan fingerprint density at radius 3 is 2.37 bits per heavy atom. The van der Waals surface area contributed by atoms with E-state index >= 15 is 0 Å². The van der Waals surface area contributed by atoms with Gasteiger partial charge in [-0.1, -0.05) is 23.7 Å². The van der Waals surface area contributed by atoms with E-state index in [-0.39, 0.29) is 24.0 Å². The van der Waals surface area contributed by atoms with Crippen LogP contribution in [0.25, 0.3) is 5.69 Å². The second-order valence-corrected chi connectivity index (χ2v) is 7.84. The highest BCUT2D eigenvalue weighted by atomic mass is 35.5.